The Bertz CT molecular complexity index is 653. The minimum absolute atomic E-state index is 0.0223. The molecule has 0 saturated carbocycles. The maximum absolute atomic E-state index is 12.0. The van der Waals surface area contributed by atoms with Gasteiger partial charge in [0, 0.05) is 18.1 Å². The fourth-order valence-corrected chi connectivity index (χ4v) is 2.06. The van der Waals surface area contributed by atoms with Crippen LogP contribution in [0.25, 0.3) is 0 Å². The summed E-state index contributed by atoms with van der Waals surface area (Å²) in [7, 11) is 1.39. The summed E-state index contributed by atoms with van der Waals surface area (Å²) in [6.45, 7) is 0. The first-order valence-corrected chi connectivity index (χ1v) is 6.51. The molecule has 0 aliphatic carbocycles. The summed E-state index contributed by atoms with van der Waals surface area (Å²) >= 11 is 0. The minimum Gasteiger partial charge on any atom is -0.490 e. The number of carbonyl (C=O) groups excluding carboxylic acids is 1. The van der Waals surface area contributed by atoms with Crippen molar-refractivity contribution in [3.05, 3.63) is 69.8 Å². The van der Waals surface area contributed by atoms with Crippen LogP contribution in [0.4, 0.5) is 5.69 Å². The number of hydrogen-bond donors (Lipinski definition) is 0. The van der Waals surface area contributed by atoms with Gasteiger partial charge in [-0.1, -0.05) is 36.4 Å². The largest absolute Gasteiger partial charge is 0.490 e. The SMILES string of the molecule is COc1ccc(CCC(=O)c2ccccc2)cc1[N+](=O)[O-]. The molecule has 0 unspecified atom stereocenters. The molecule has 5 heteroatoms. The van der Waals surface area contributed by atoms with Crippen LogP contribution >= 0.6 is 0 Å². The number of nitrogens with zero attached hydrogens (tertiary/aromatic N) is 1. The maximum Gasteiger partial charge on any atom is 0.311 e. The van der Waals surface area contributed by atoms with Gasteiger partial charge in [0.2, 0.25) is 0 Å². The molecule has 2 rings (SSSR count). The van der Waals surface area contributed by atoms with Crippen LogP contribution in [-0.4, -0.2) is 17.8 Å². The lowest BCUT2D eigenvalue weighted by Crippen LogP contribution is -2.01. The Labute approximate surface area is 122 Å². The maximum atomic E-state index is 12.0. The van der Waals surface area contributed by atoms with E-state index in [-0.39, 0.29) is 17.2 Å². The summed E-state index contributed by atoms with van der Waals surface area (Å²) in [5.74, 6) is 0.243. The predicted octanol–water partition coefficient (Wildman–Crippen LogP) is 3.42. The second-order valence-corrected chi connectivity index (χ2v) is 4.55. The van der Waals surface area contributed by atoms with Crippen molar-refractivity contribution in [2.24, 2.45) is 0 Å². The number of nitro groups is 1. The van der Waals surface area contributed by atoms with Crippen LogP contribution in [0.3, 0.4) is 0 Å². The molecule has 21 heavy (non-hydrogen) atoms. The zero-order chi connectivity index (χ0) is 15.2. The van der Waals surface area contributed by atoms with E-state index in [1.54, 1.807) is 24.3 Å². The van der Waals surface area contributed by atoms with Crippen LogP contribution in [0.1, 0.15) is 22.3 Å². The van der Waals surface area contributed by atoms with Gasteiger partial charge in [-0.15, -0.1) is 0 Å². The molecule has 0 bridgehead atoms. The standard InChI is InChI=1S/C16H15NO4/c1-21-16-10-8-12(11-14(16)17(19)20)7-9-15(18)13-5-3-2-4-6-13/h2-6,8,10-11H,7,9H2,1H3. The number of ketones is 1. The number of aryl methyl sites for hydroxylation is 1. The van der Waals surface area contributed by atoms with Crippen molar-refractivity contribution in [2.75, 3.05) is 7.11 Å². The normalized spacial score (nSPS) is 10.1. The van der Waals surface area contributed by atoms with E-state index in [2.05, 4.69) is 0 Å². The van der Waals surface area contributed by atoms with Crippen LogP contribution in [-0.2, 0) is 6.42 Å². The highest BCUT2D eigenvalue weighted by Crippen LogP contribution is 2.28. The zero-order valence-electron chi connectivity index (χ0n) is 11.6. The summed E-state index contributed by atoms with van der Waals surface area (Å²) in [4.78, 5) is 22.5. The van der Waals surface area contributed by atoms with Gasteiger partial charge in [-0.2, -0.15) is 0 Å². The first kappa shape index (κ1) is 14.7. The molecule has 0 atom stereocenters. The number of rotatable bonds is 6. The van der Waals surface area contributed by atoms with Gasteiger partial charge in [-0.25, -0.2) is 0 Å². The number of Topliss-reactive ketones (excluding diaryl/α,β-unsaturated/α-hetero) is 1. The van der Waals surface area contributed by atoms with E-state index in [0.29, 0.717) is 18.4 Å². The Hall–Kier alpha value is -2.69. The molecule has 0 spiro atoms. The lowest BCUT2D eigenvalue weighted by Gasteiger charge is -2.05. The van der Waals surface area contributed by atoms with Crippen LogP contribution < -0.4 is 4.74 Å². The number of methoxy groups -OCH3 is 1. The molecule has 2 aromatic carbocycles. The molecule has 0 fully saturated rings. The van der Waals surface area contributed by atoms with E-state index in [9.17, 15) is 14.9 Å². The minimum atomic E-state index is -0.485. The third kappa shape index (κ3) is 3.66. The van der Waals surface area contributed by atoms with E-state index < -0.39 is 4.92 Å². The Kier molecular flexibility index (Phi) is 4.66. The first-order valence-electron chi connectivity index (χ1n) is 6.51. The molecule has 108 valence electrons. The summed E-state index contributed by atoms with van der Waals surface area (Å²) in [5.41, 5.74) is 1.31. The quantitative estimate of drug-likeness (QED) is 0.463. The van der Waals surface area contributed by atoms with Gasteiger partial charge in [-0.05, 0) is 18.1 Å². The van der Waals surface area contributed by atoms with Crippen molar-refractivity contribution in [1.29, 1.82) is 0 Å². The number of benzene rings is 2. The average molecular weight is 285 g/mol. The Morgan fingerprint density at radius 1 is 1.19 bits per heavy atom. The predicted molar refractivity (Wildman–Crippen MR) is 78.7 cm³/mol. The van der Waals surface area contributed by atoms with Crippen molar-refractivity contribution in [2.45, 2.75) is 12.8 Å². The van der Waals surface area contributed by atoms with Gasteiger partial charge >= 0.3 is 5.69 Å². The van der Waals surface area contributed by atoms with Crippen LogP contribution in [0.2, 0.25) is 0 Å². The smallest absolute Gasteiger partial charge is 0.311 e. The lowest BCUT2D eigenvalue weighted by atomic mass is 10.0. The molecule has 0 amide bonds. The molecular weight excluding hydrogens is 270 g/mol. The van der Waals surface area contributed by atoms with E-state index in [0.717, 1.165) is 5.56 Å². The molecule has 2 aromatic rings. The zero-order valence-corrected chi connectivity index (χ0v) is 11.6. The highest BCUT2D eigenvalue weighted by Gasteiger charge is 2.15. The molecule has 0 aliphatic rings. The number of hydrogen-bond acceptors (Lipinski definition) is 4. The van der Waals surface area contributed by atoms with Gasteiger partial charge in [0.05, 0.1) is 12.0 Å². The molecule has 5 nitrogen and oxygen atoms in total. The average Bonchev–Trinajstić information content (AvgIpc) is 2.53. The molecule has 0 heterocycles. The summed E-state index contributed by atoms with van der Waals surface area (Å²) in [6, 6.07) is 13.7. The fraction of sp³-hybridized carbons (Fsp3) is 0.188. The third-order valence-electron chi connectivity index (χ3n) is 3.18. The highest BCUT2D eigenvalue weighted by molar-refractivity contribution is 5.96. The van der Waals surface area contributed by atoms with Crippen molar-refractivity contribution in [3.63, 3.8) is 0 Å². The molecule has 0 saturated heterocycles. The van der Waals surface area contributed by atoms with Crippen molar-refractivity contribution >= 4 is 11.5 Å². The lowest BCUT2D eigenvalue weighted by molar-refractivity contribution is -0.385. The van der Waals surface area contributed by atoms with Gasteiger partial charge < -0.3 is 4.74 Å². The Morgan fingerprint density at radius 2 is 1.90 bits per heavy atom. The fourth-order valence-electron chi connectivity index (χ4n) is 2.06. The van der Waals surface area contributed by atoms with E-state index in [4.69, 9.17) is 4.74 Å². The molecular formula is C16H15NO4. The Balaban J connectivity index is 2.09. The van der Waals surface area contributed by atoms with Crippen LogP contribution in [0.15, 0.2) is 48.5 Å². The highest BCUT2D eigenvalue weighted by atomic mass is 16.6. The van der Waals surface area contributed by atoms with Crippen LogP contribution in [0, 0.1) is 10.1 Å². The van der Waals surface area contributed by atoms with Crippen molar-refractivity contribution < 1.29 is 14.5 Å². The van der Waals surface area contributed by atoms with Crippen LogP contribution in [0.5, 0.6) is 5.75 Å². The van der Waals surface area contributed by atoms with E-state index in [1.807, 2.05) is 18.2 Å². The van der Waals surface area contributed by atoms with E-state index >= 15 is 0 Å². The Morgan fingerprint density at radius 3 is 2.52 bits per heavy atom. The van der Waals surface area contributed by atoms with E-state index in [1.165, 1.54) is 13.2 Å². The van der Waals surface area contributed by atoms with Gasteiger partial charge in [0.25, 0.3) is 0 Å². The monoisotopic (exact) mass is 285 g/mol. The molecule has 0 N–H and O–H groups in total. The topological polar surface area (TPSA) is 69.4 Å². The van der Waals surface area contributed by atoms with Crippen molar-refractivity contribution in [3.8, 4) is 5.75 Å². The summed E-state index contributed by atoms with van der Waals surface area (Å²) in [5, 5.41) is 11.0. The molecule has 0 aromatic heterocycles. The van der Waals surface area contributed by atoms with Gasteiger partial charge in [-0.3, -0.25) is 14.9 Å². The first-order chi connectivity index (χ1) is 10.1. The third-order valence-corrected chi connectivity index (χ3v) is 3.18. The summed E-state index contributed by atoms with van der Waals surface area (Å²) < 4.78 is 4.95. The second kappa shape index (κ2) is 6.65. The number of nitro benzene ring substituents is 1. The summed E-state index contributed by atoms with van der Waals surface area (Å²) in [6.07, 6.45) is 0.770. The van der Waals surface area contributed by atoms with Gasteiger partial charge in [0.15, 0.2) is 11.5 Å². The number of carbonyl (C=O) groups is 1. The number of ether oxygens (including phenoxy) is 1. The molecule has 0 aliphatic heterocycles. The van der Waals surface area contributed by atoms with Gasteiger partial charge in [0.1, 0.15) is 0 Å². The second-order valence-electron chi connectivity index (χ2n) is 4.55. The molecule has 0 radical (unpaired) electrons. The van der Waals surface area contributed by atoms with Crippen molar-refractivity contribution in [1.82, 2.24) is 0 Å².